The van der Waals surface area contributed by atoms with Crippen molar-refractivity contribution in [2.24, 2.45) is 11.8 Å². The molecule has 1 saturated heterocycles. The van der Waals surface area contributed by atoms with Crippen LogP contribution in [0.25, 0.3) is 0 Å². The van der Waals surface area contributed by atoms with Gasteiger partial charge in [0, 0.05) is 18.8 Å². The second-order valence-corrected chi connectivity index (χ2v) is 5.01. The molecule has 4 nitrogen and oxygen atoms in total. The van der Waals surface area contributed by atoms with Crippen LogP contribution in [0.2, 0.25) is 0 Å². The van der Waals surface area contributed by atoms with Crippen LogP contribution in [0.5, 0.6) is 0 Å². The molecular weight excluding hydrogens is 285 g/mol. The third kappa shape index (κ3) is 3.74. The highest BCUT2D eigenvalue weighted by Crippen LogP contribution is 2.34. The molecule has 1 unspecified atom stereocenters. The molecule has 1 aliphatic heterocycles. The van der Waals surface area contributed by atoms with Crippen molar-refractivity contribution in [3.63, 3.8) is 0 Å². The number of nitrogens with zero attached hydrogens (tertiary/aromatic N) is 1. The Morgan fingerprint density at radius 1 is 1.24 bits per heavy atom. The van der Waals surface area contributed by atoms with E-state index < -0.39 is 24.0 Å². The van der Waals surface area contributed by atoms with Crippen LogP contribution in [-0.2, 0) is 4.74 Å². The standard InChI is InChI=1S/C14H17F3N2O2/c15-14(16,17)12(10-6-8-21-9-7-10)19(18)13(20)11-4-2-1-3-5-11/h1-5,10,12H,6-9,18H2. The molecule has 116 valence electrons. The first-order chi connectivity index (χ1) is 9.91. The van der Waals surface area contributed by atoms with Crippen molar-refractivity contribution in [3.8, 4) is 0 Å². The minimum atomic E-state index is -4.57. The first kappa shape index (κ1) is 15.8. The third-order valence-electron chi connectivity index (χ3n) is 3.60. The zero-order chi connectivity index (χ0) is 15.5. The fourth-order valence-electron chi connectivity index (χ4n) is 2.54. The summed E-state index contributed by atoms with van der Waals surface area (Å²) in [6, 6.07) is 5.74. The first-order valence-corrected chi connectivity index (χ1v) is 6.69. The summed E-state index contributed by atoms with van der Waals surface area (Å²) in [6.07, 6.45) is -4.10. The summed E-state index contributed by atoms with van der Waals surface area (Å²) in [6.45, 7) is 0.509. The Kier molecular flexibility index (Phi) is 4.84. The summed E-state index contributed by atoms with van der Waals surface area (Å²) >= 11 is 0. The zero-order valence-corrected chi connectivity index (χ0v) is 11.3. The summed E-state index contributed by atoms with van der Waals surface area (Å²) in [4.78, 5) is 12.1. The van der Waals surface area contributed by atoms with Crippen LogP contribution in [0, 0.1) is 5.92 Å². The van der Waals surface area contributed by atoms with E-state index in [0.717, 1.165) is 0 Å². The topological polar surface area (TPSA) is 55.6 Å². The number of benzene rings is 1. The van der Waals surface area contributed by atoms with Crippen LogP contribution in [0.4, 0.5) is 13.2 Å². The molecule has 0 bridgehead atoms. The van der Waals surface area contributed by atoms with Crippen molar-refractivity contribution in [1.29, 1.82) is 0 Å². The lowest BCUT2D eigenvalue weighted by atomic mass is 9.90. The van der Waals surface area contributed by atoms with Crippen molar-refractivity contribution in [2.45, 2.75) is 25.1 Å². The maximum atomic E-state index is 13.3. The number of halogens is 3. The molecular formula is C14H17F3N2O2. The van der Waals surface area contributed by atoms with Crippen LogP contribution in [-0.4, -0.2) is 36.3 Å². The normalized spacial score (nSPS) is 18.3. The summed E-state index contributed by atoms with van der Waals surface area (Å²) in [5.74, 6) is 3.96. The minimum absolute atomic E-state index is 0.140. The largest absolute Gasteiger partial charge is 0.410 e. The smallest absolute Gasteiger partial charge is 0.381 e. The predicted octanol–water partition coefficient (Wildman–Crippen LogP) is 2.36. The molecule has 0 radical (unpaired) electrons. The lowest BCUT2D eigenvalue weighted by Gasteiger charge is -2.37. The van der Waals surface area contributed by atoms with Gasteiger partial charge in [0.15, 0.2) is 0 Å². The van der Waals surface area contributed by atoms with E-state index in [2.05, 4.69) is 0 Å². The molecule has 1 atom stereocenters. The molecule has 0 spiro atoms. The summed E-state index contributed by atoms with van der Waals surface area (Å²) in [5, 5.41) is 0.325. The van der Waals surface area contributed by atoms with Crippen LogP contribution in [0.1, 0.15) is 23.2 Å². The number of nitrogens with two attached hydrogens (primary N) is 1. The molecule has 1 aromatic rings. The number of alkyl halides is 3. The molecule has 0 aromatic heterocycles. The highest BCUT2D eigenvalue weighted by atomic mass is 19.4. The van der Waals surface area contributed by atoms with Gasteiger partial charge >= 0.3 is 6.18 Å². The van der Waals surface area contributed by atoms with Crippen LogP contribution >= 0.6 is 0 Å². The van der Waals surface area contributed by atoms with Crippen LogP contribution in [0.15, 0.2) is 30.3 Å². The molecule has 2 N–H and O–H groups in total. The van der Waals surface area contributed by atoms with Gasteiger partial charge in [-0.1, -0.05) is 18.2 Å². The summed E-state index contributed by atoms with van der Waals surface area (Å²) in [7, 11) is 0. The molecule has 1 fully saturated rings. The molecule has 0 saturated carbocycles. The number of carbonyl (C=O) groups is 1. The number of hydrogen-bond acceptors (Lipinski definition) is 3. The Balaban J connectivity index is 2.22. The fourth-order valence-corrected chi connectivity index (χ4v) is 2.54. The number of ether oxygens (including phenoxy) is 1. The highest BCUT2D eigenvalue weighted by molar-refractivity contribution is 5.94. The Morgan fingerprint density at radius 2 is 1.81 bits per heavy atom. The van der Waals surface area contributed by atoms with Crippen molar-refractivity contribution in [1.82, 2.24) is 5.01 Å². The van der Waals surface area contributed by atoms with Gasteiger partial charge in [-0.2, -0.15) is 13.2 Å². The van der Waals surface area contributed by atoms with Gasteiger partial charge in [0.2, 0.25) is 0 Å². The van der Waals surface area contributed by atoms with E-state index in [1.54, 1.807) is 18.2 Å². The molecule has 7 heteroatoms. The van der Waals surface area contributed by atoms with Gasteiger partial charge in [0.05, 0.1) is 0 Å². The van der Waals surface area contributed by atoms with E-state index in [0.29, 0.717) is 5.01 Å². The fraction of sp³-hybridized carbons (Fsp3) is 0.500. The SMILES string of the molecule is NN(C(=O)c1ccccc1)C(C1CCOCC1)C(F)(F)F. The second-order valence-electron chi connectivity index (χ2n) is 5.01. The van der Waals surface area contributed by atoms with Gasteiger partial charge in [-0.05, 0) is 30.9 Å². The van der Waals surface area contributed by atoms with Crippen LogP contribution in [0.3, 0.4) is 0 Å². The van der Waals surface area contributed by atoms with Gasteiger partial charge in [0.25, 0.3) is 5.91 Å². The molecule has 21 heavy (non-hydrogen) atoms. The summed E-state index contributed by atoms with van der Waals surface area (Å²) in [5.41, 5.74) is 0.140. The van der Waals surface area contributed by atoms with Crippen molar-refractivity contribution < 1.29 is 22.7 Å². The van der Waals surface area contributed by atoms with Crippen molar-refractivity contribution in [2.75, 3.05) is 13.2 Å². The summed E-state index contributed by atoms with van der Waals surface area (Å²) < 4.78 is 45.0. The van der Waals surface area contributed by atoms with E-state index >= 15 is 0 Å². The molecule has 1 aromatic carbocycles. The molecule has 1 heterocycles. The Bertz CT molecular complexity index is 473. The predicted molar refractivity (Wildman–Crippen MR) is 70.2 cm³/mol. The Labute approximate surface area is 120 Å². The molecule has 2 rings (SSSR count). The van der Waals surface area contributed by atoms with E-state index in [9.17, 15) is 18.0 Å². The van der Waals surface area contributed by atoms with Crippen molar-refractivity contribution >= 4 is 5.91 Å². The molecule has 1 amide bonds. The monoisotopic (exact) mass is 302 g/mol. The lowest BCUT2D eigenvalue weighted by molar-refractivity contribution is -0.197. The zero-order valence-electron chi connectivity index (χ0n) is 11.3. The number of hydrazine groups is 1. The third-order valence-corrected chi connectivity index (χ3v) is 3.60. The number of carbonyl (C=O) groups excluding carboxylic acids is 1. The van der Waals surface area contributed by atoms with Gasteiger partial charge in [0.1, 0.15) is 6.04 Å². The minimum Gasteiger partial charge on any atom is -0.381 e. The van der Waals surface area contributed by atoms with E-state index in [4.69, 9.17) is 10.6 Å². The molecule has 0 aliphatic carbocycles. The van der Waals surface area contributed by atoms with E-state index in [1.807, 2.05) is 0 Å². The number of amides is 1. The van der Waals surface area contributed by atoms with Gasteiger partial charge in [-0.25, -0.2) is 5.84 Å². The quantitative estimate of drug-likeness (QED) is 0.530. The highest BCUT2D eigenvalue weighted by Gasteiger charge is 2.49. The van der Waals surface area contributed by atoms with E-state index in [-0.39, 0.29) is 31.6 Å². The molecule has 1 aliphatic rings. The maximum Gasteiger partial charge on any atom is 0.410 e. The first-order valence-electron chi connectivity index (χ1n) is 6.69. The average molecular weight is 302 g/mol. The van der Waals surface area contributed by atoms with Gasteiger partial charge in [-0.3, -0.25) is 9.80 Å². The lowest BCUT2D eigenvalue weighted by Crippen LogP contribution is -2.57. The Hall–Kier alpha value is -1.60. The van der Waals surface area contributed by atoms with Gasteiger partial charge < -0.3 is 4.74 Å². The number of rotatable bonds is 3. The maximum absolute atomic E-state index is 13.3. The van der Waals surface area contributed by atoms with Crippen molar-refractivity contribution in [3.05, 3.63) is 35.9 Å². The van der Waals surface area contributed by atoms with Gasteiger partial charge in [-0.15, -0.1) is 0 Å². The van der Waals surface area contributed by atoms with E-state index in [1.165, 1.54) is 12.1 Å². The average Bonchev–Trinajstić information content (AvgIpc) is 2.47. The number of hydrogen-bond donors (Lipinski definition) is 1. The van der Waals surface area contributed by atoms with Crippen LogP contribution < -0.4 is 5.84 Å². The second kappa shape index (κ2) is 6.44. The Morgan fingerprint density at radius 3 is 2.33 bits per heavy atom.